The molecule has 1 aliphatic rings. The quantitative estimate of drug-likeness (QED) is 0.521. The summed E-state index contributed by atoms with van der Waals surface area (Å²) in [6, 6.07) is 13.2. The van der Waals surface area contributed by atoms with Crippen LogP contribution in [0.4, 0.5) is 0 Å². The van der Waals surface area contributed by atoms with Crippen LogP contribution in [0.25, 0.3) is 10.2 Å². The first kappa shape index (κ1) is 21.4. The molecule has 2 heterocycles. The molecule has 164 valence electrons. The number of aromatic nitrogens is 1. The highest BCUT2D eigenvalue weighted by Gasteiger charge is 2.34. The number of fused-ring (bicyclic) bond motifs is 2. The smallest absolute Gasteiger partial charge is 0.293 e. The Morgan fingerprint density at radius 1 is 1.13 bits per heavy atom. The largest absolute Gasteiger partial charge is 0.494 e. The van der Waals surface area contributed by atoms with Crippen molar-refractivity contribution in [1.82, 2.24) is 4.57 Å². The summed E-state index contributed by atoms with van der Waals surface area (Å²) in [5.74, 6) is 1.61. The van der Waals surface area contributed by atoms with Gasteiger partial charge in [-0.2, -0.15) is 4.99 Å². The Morgan fingerprint density at radius 2 is 1.90 bits per heavy atom. The summed E-state index contributed by atoms with van der Waals surface area (Å²) in [4.78, 5) is 18.1. The molecule has 2 atom stereocenters. The van der Waals surface area contributed by atoms with Gasteiger partial charge in [0.25, 0.3) is 5.91 Å². The van der Waals surface area contributed by atoms with E-state index in [1.54, 1.807) is 6.07 Å². The van der Waals surface area contributed by atoms with E-state index in [0.29, 0.717) is 42.7 Å². The van der Waals surface area contributed by atoms with E-state index in [4.69, 9.17) is 18.9 Å². The third-order valence-corrected chi connectivity index (χ3v) is 5.96. The molecule has 0 bridgehead atoms. The highest BCUT2D eigenvalue weighted by Crippen LogP contribution is 2.33. The molecule has 0 saturated heterocycles. The lowest BCUT2D eigenvalue weighted by Crippen LogP contribution is -2.43. The maximum atomic E-state index is 13.1. The summed E-state index contributed by atoms with van der Waals surface area (Å²) >= 11 is 1.44. The van der Waals surface area contributed by atoms with Gasteiger partial charge in [-0.25, -0.2) is 0 Å². The maximum absolute atomic E-state index is 13.1. The molecule has 0 N–H and O–H groups in total. The third kappa shape index (κ3) is 4.60. The van der Waals surface area contributed by atoms with Gasteiger partial charge in [0.15, 0.2) is 16.3 Å². The number of para-hydroxylation sites is 2. The van der Waals surface area contributed by atoms with Gasteiger partial charge < -0.3 is 23.5 Å². The lowest BCUT2D eigenvalue weighted by atomic mass is 10.1. The molecule has 0 fully saturated rings. The molecule has 0 spiro atoms. The van der Waals surface area contributed by atoms with Crippen LogP contribution in [0, 0.1) is 0 Å². The van der Waals surface area contributed by atoms with Crippen LogP contribution in [0.3, 0.4) is 0 Å². The zero-order valence-electron chi connectivity index (χ0n) is 17.9. The van der Waals surface area contributed by atoms with Crippen molar-refractivity contribution in [2.24, 2.45) is 4.99 Å². The summed E-state index contributed by atoms with van der Waals surface area (Å²) < 4.78 is 26.0. The van der Waals surface area contributed by atoms with Gasteiger partial charge in [0.2, 0.25) is 6.10 Å². The van der Waals surface area contributed by atoms with Crippen molar-refractivity contribution in [1.29, 1.82) is 0 Å². The van der Waals surface area contributed by atoms with Gasteiger partial charge in [-0.1, -0.05) is 23.5 Å². The minimum atomic E-state index is -0.806. The molecule has 7 nitrogen and oxygen atoms in total. The second-order valence-corrected chi connectivity index (χ2v) is 8.06. The average Bonchev–Trinajstić information content (AvgIpc) is 3.10. The monoisotopic (exact) mass is 442 g/mol. The second kappa shape index (κ2) is 9.53. The molecule has 2 aromatic carbocycles. The summed E-state index contributed by atoms with van der Waals surface area (Å²) in [5, 5.41) is 0. The number of nitrogens with zero attached hydrogens (tertiary/aromatic N) is 2. The van der Waals surface area contributed by atoms with Crippen LogP contribution < -0.4 is 19.0 Å². The number of ether oxygens (including phenoxy) is 4. The van der Waals surface area contributed by atoms with Gasteiger partial charge in [-0.3, -0.25) is 4.79 Å². The van der Waals surface area contributed by atoms with E-state index in [0.717, 1.165) is 16.0 Å². The summed E-state index contributed by atoms with van der Waals surface area (Å²) in [5.41, 5.74) is 0.985. The fourth-order valence-electron chi connectivity index (χ4n) is 3.46. The first-order valence-corrected chi connectivity index (χ1v) is 11.3. The van der Waals surface area contributed by atoms with Crippen LogP contribution in [0.5, 0.6) is 17.2 Å². The van der Waals surface area contributed by atoms with Gasteiger partial charge in [-0.15, -0.1) is 0 Å². The lowest BCUT2D eigenvalue weighted by Gasteiger charge is -2.29. The lowest BCUT2D eigenvalue weighted by molar-refractivity contribution is -0.130. The molecule has 3 aromatic rings. The molecule has 2 unspecified atom stereocenters. The van der Waals surface area contributed by atoms with Crippen LogP contribution >= 0.6 is 11.3 Å². The van der Waals surface area contributed by atoms with E-state index in [9.17, 15) is 4.79 Å². The maximum Gasteiger partial charge on any atom is 0.293 e. The Kier molecular flexibility index (Phi) is 6.58. The van der Waals surface area contributed by atoms with E-state index in [2.05, 4.69) is 4.99 Å². The normalized spacial score (nSPS) is 18.4. The van der Waals surface area contributed by atoms with Gasteiger partial charge >= 0.3 is 0 Å². The number of carbonyl (C=O) groups is 1. The number of amides is 1. The van der Waals surface area contributed by atoms with Crippen molar-refractivity contribution in [3.63, 3.8) is 0 Å². The molecule has 0 saturated carbocycles. The molecule has 1 aliphatic heterocycles. The molecule has 0 radical (unpaired) electrons. The van der Waals surface area contributed by atoms with Crippen LogP contribution in [-0.2, 0) is 16.1 Å². The number of hydrogen-bond donors (Lipinski definition) is 0. The second-order valence-electron chi connectivity index (χ2n) is 7.05. The van der Waals surface area contributed by atoms with E-state index in [1.807, 2.05) is 61.7 Å². The molecule has 4 rings (SSSR count). The Balaban J connectivity index is 1.69. The van der Waals surface area contributed by atoms with Gasteiger partial charge in [0.1, 0.15) is 11.9 Å². The Bertz CT molecular complexity index is 1140. The Hall–Kier alpha value is -2.84. The first-order chi connectivity index (χ1) is 15.1. The average molecular weight is 443 g/mol. The van der Waals surface area contributed by atoms with Gasteiger partial charge in [0, 0.05) is 13.2 Å². The SMILES string of the molecule is CCOCCn1c(=NC(=O)C2Oc3ccccc3OC2C)sc2cc(OCC)ccc21. The van der Waals surface area contributed by atoms with Crippen LogP contribution in [0.1, 0.15) is 20.8 Å². The van der Waals surface area contributed by atoms with E-state index in [1.165, 1.54) is 11.3 Å². The highest BCUT2D eigenvalue weighted by molar-refractivity contribution is 7.16. The first-order valence-electron chi connectivity index (χ1n) is 10.5. The minimum Gasteiger partial charge on any atom is -0.494 e. The van der Waals surface area contributed by atoms with E-state index in [-0.39, 0.29) is 5.91 Å². The number of rotatable bonds is 7. The fraction of sp³-hybridized carbons (Fsp3) is 0.391. The zero-order chi connectivity index (χ0) is 21.8. The van der Waals surface area contributed by atoms with Crippen molar-refractivity contribution in [2.75, 3.05) is 19.8 Å². The van der Waals surface area contributed by atoms with Crippen molar-refractivity contribution in [3.05, 3.63) is 47.3 Å². The topological polar surface area (TPSA) is 71.3 Å². The number of thiazole rings is 1. The number of hydrogen-bond acceptors (Lipinski definition) is 6. The van der Waals surface area contributed by atoms with Gasteiger partial charge in [0.05, 0.1) is 23.4 Å². The Morgan fingerprint density at radius 3 is 2.65 bits per heavy atom. The summed E-state index contributed by atoms with van der Waals surface area (Å²) in [7, 11) is 0. The molecular formula is C23H26N2O5S. The molecule has 8 heteroatoms. The fourth-order valence-corrected chi connectivity index (χ4v) is 4.55. The minimum absolute atomic E-state index is 0.372. The highest BCUT2D eigenvalue weighted by atomic mass is 32.1. The van der Waals surface area contributed by atoms with Crippen LogP contribution in [0.2, 0.25) is 0 Å². The number of benzene rings is 2. The van der Waals surface area contributed by atoms with Crippen molar-refractivity contribution in [2.45, 2.75) is 39.5 Å². The molecule has 1 aromatic heterocycles. The molecule has 0 aliphatic carbocycles. The predicted molar refractivity (Wildman–Crippen MR) is 119 cm³/mol. The van der Waals surface area contributed by atoms with Crippen molar-refractivity contribution < 1.29 is 23.7 Å². The predicted octanol–water partition coefficient (Wildman–Crippen LogP) is 3.79. The van der Waals surface area contributed by atoms with Crippen molar-refractivity contribution in [3.8, 4) is 17.2 Å². The standard InChI is InChI=1S/C23H26N2O5S/c1-4-27-13-12-25-17-11-10-16(28-5-2)14-20(17)31-23(25)24-22(26)21-15(3)29-18-8-6-7-9-19(18)30-21/h6-11,14-15,21H,4-5,12-13H2,1-3H3. The molecule has 31 heavy (non-hydrogen) atoms. The van der Waals surface area contributed by atoms with E-state index < -0.39 is 12.2 Å². The summed E-state index contributed by atoms with van der Waals surface area (Å²) in [6.07, 6.45) is -1.25. The van der Waals surface area contributed by atoms with Crippen LogP contribution in [0.15, 0.2) is 47.5 Å². The summed E-state index contributed by atoms with van der Waals surface area (Å²) in [6.45, 7) is 8.07. The Labute approximate surface area is 184 Å². The van der Waals surface area contributed by atoms with Crippen molar-refractivity contribution >= 4 is 27.5 Å². The molecular weight excluding hydrogens is 416 g/mol. The van der Waals surface area contributed by atoms with Gasteiger partial charge in [-0.05, 0) is 51.1 Å². The molecule has 1 amide bonds. The third-order valence-electron chi connectivity index (χ3n) is 4.92. The zero-order valence-corrected chi connectivity index (χ0v) is 18.7. The number of carbonyl (C=O) groups excluding carboxylic acids is 1. The van der Waals surface area contributed by atoms with E-state index >= 15 is 0 Å². The van der Waals surface area contributed by atoms with Crippen LogP contribution in [-0.4, -0.2) is 42.5 Å².